The molecule has 3 N–H and O–H groups in total. The summed E-state index contributed by atoms with van der Waals surface area (Å²) >= 11 is 1.83. The van der Waals surface area contributed by atoms with E-state index in [2.05, 4.69) is 5.43 Å². The Balaban J connectivity index is 1.83. The number of nitrogens with two attached hydrogens (primary N) is 1. The molecule has 2 aliphatic rings. The first-order valence-corrected chi connectivity index (χ1v) is 8.55. The number of hydrogen-bond donors (Lipinski definition) is 2. The van der Waals surface area contributed by atoms with Crippen LogP contribution in [-0.4, -0.2) is 23.2 Å². The predicted molar refractivity (Wildman–Crippen MR) is 84.7 cm³/mol. The third kappa shape index (κ3) is 2.31. The molecule has 1 saturated heterocycles. The Morgan fingerprint density at radius 3 is 2.76 bits per heavy atom. The molecule has 0 unspecified atom stereocenters. The average Bonchev–Trinajstić information content (AvgIpc) is 2.93. The molecule has 3 heterocycles. The molecule has 0 bridgehead atoms. The van der Waals surface area contributed by atoms with Gasteiger partial charge < -0.3 is 10.2 Å². The minimum absolute atomic E-state index is 0.398. The number of hydrazine groups is 1. The average molecular weight is 304 g/mol. The molecule has 0 radical (unpaired) electrons. The van der Waals surface area contributed by atoms with Crippen molar-refractivity contribution in [3.05, 3.63) is 16.3 Å². The first kappa shape index (κ1) is 13.4. The predicted octanol–water partition coefficient (Wildman–Crippen LogP) is 2.75. The molecule has 112 valence electrons. The monoisotopic (exact) mass is 304 g/mol. The van der Waals surface area contributed by atoms with E-state index in [1.165, 1.54) is 29.7 Å². The molecule has 0 spiro atoms. The molecule has 4 rings (SSSR count). The summed E-state index contributed by atoms with van der Waals surface area (Å²) in [6, 6.07) is 0. The van der Waals surface area contributed by atoms with Gasteiger partial charge in [0.25, 0.3) is 0 Å². The Hall–Kier alpha value is -1.24. The second-order valence-corrected chi connectivity index (χ2v) is 6.94. The highest BCUT2D eigenvalue weighted by Gasteiger charge is 2.24. The van der Waals surface area contributed by atoms with Gasteiger partial charge in [-0.15, -0.1) is 11.3 Å². The van der Waals surface area contributed by atoms with Gasteiger partial charge in [-0.05, 0) is 44.1 Å². The summed E-state index contributed by atoms with van der Waals surface area (Å²) in [4.78, 5) is 12.2. The summed E-state index contributed by atoms with van der Waals surface area (Å²) in [6.45, 7) is 1.61. The number of aryl methyl sites for hydroxylation is 2. The number of fused-ring (bicyclic) bond motifs is 3. The van der Waals surface area contributed by atoms with Crippen molar-refractivity contribution in [2.75, 3.05) is 18.6 Å². The van der Waals surface area contributed by atoms with Crippen LogP contribution < -0.4 is 11.3 Å². The minimum atomic E-state index is 0.398. The smallest absolute Gasteiger partial charge is 0.152 e. The maximum Gasteiger partial charge on any atom is 0.152 e. The number of nitrogens with zero attached hydrogens (tertiary/aromatic N) is 2. The molecule has 6 heteroatoms. The second kappa shape index (κ2) is 5.51. The molecule has 0 saturated carbocycles. The number of ether oxygens (including phenoxy) is 1. The van der Waals surface area contributed by atoms with Crippen molar-refractivity contribution in [1.82, 2.24) is 9.97 Å². The Morgan fingerprint density at radius 2 is 1.95 bits per heavy atom. The van der Waals surface area contributed by atoms with Gasteiger partial charge in [0.15, 0.2) is 5.82 Å². The van der Waals surface area contributed by atoms with Gasteiger partial charge in [0.1, 0.15) is 10.7 Å². The molecule has 0 atom stereocenters. The van der Waals surface area contributed by atoms with Crippen molar-refractivity contribution in [2.24, 2.45) is 5.84 Å². The standard InChI is InChI=1S/C15H20N4OS/c16-19-14-12-10-3-1-2-4-11(10)21-15(12)18-13(17-14)9-5-7-20-8-6-9/h9H,1-8,16H2,(H,17,18,19). The lowest BCUT2D eigenvalue weighted by molar-refractivity contribution is 0.0837. The van der Waals surface area contributed by atoms with E-state index < -0.39 is 0 Å². The van der Waals surface area contributed by atoms with Crippen molar-refractivity contribution in [2.45, 2.75) is 44.4 Å². The van der Waals surface area contributed by atoms with Crippen LogP contribution in [0.1, 0.15) is 47.9 Å². The molecule has 2 aromatic rings. The minimum Gasteiger partial charge on any atom is -0.381 e. The molecule has 0 amide bonds. The zero-order valence-electron chi connectivity index (χ0n) is 12.0. The van der Waals surface area contributed by atoms with Crippen LogP contribution >= 0.6 is 11.3 Å². The fraction of sp³-hybridized carbons (Fsp3) is 0.600. The van der Waals surface area contributed by atoms with E-state index in [1.807, 2.05) is 11.3 Å². The number of anilines is 1. The van der Waals surface area contributed by atoms with Gasteiger partial charge in [-0.25, -0.2) is 15.8 Å². The maximum absolute atomic E-state index is 5.75. The lowest BCUT2D eigenvalue weighted by Crippen LogP contribution is -2.18. The van der Waals surface area contributed by atoms with Gasteiger partial charge in [0.05, 0.1) is 5.39 Å². The molecular formula is C15H20N4OS. The number of aromatic nitrogens is 2. The first-order valence-electron chi connectivity index (χ1n) is 7.73. The van der Waals surface area contributed by atoms with Gasteiger partial charge in [-0.1, -0.05) is 0 Å². The summed E-state index contributed by atoms with van der Waals surface area (Å²) in [5.74, 6) is 7.88. The van der Waals surface area contributed by atoms with E-state index in [0.717, 1.165) is 54.3 Å². The molecule has 1 fully saturated rings. The summed E-state index contributed by atoms with van der Waals surface area (Å²) < 4.78 is 5.44. The number of rotatable bonds is 2. The number of nitrogen functional groups attached to an aromatic ring is 1. The number of nitrogens with one attached hydrogen (secondary N) is 1. The zero-order valence-corrected chi connectivity index (χ0v) is 12.8. The quantitative estimate of drug-likeness (QED) is 0.659. The first-order chi connectivity index (χ1) is 10.4. The number of thiophene rings is 1. The Kier molecular flexibility index (Phi) is 3.52. The number of hydrogen-bond acceptors (Lipinski definition) is 6. The van der Waals surface area contributed by atoms with Gasteiger partial charge >= 0.3 is 0 Å². The lowest BCUT2D eigenvalue weighted by Gasteiger charge is -2.21. The molecule has 2 aromatic heterocycles. The van der Waals surface area contributed by atoms with Crippen LogP contribution in [0.3, 0.4) is 0 Å². The van der Waals surface area contributed by atoms with Crippen LogP contribution in [-0.2, 0) is 17.6 Å². The van der Waals surface area contributed by atoms with E-state index in [0.29, 0.717) is 5.92 Å². The summed E-state index contributed by atoms with van der Waals surface area (Å²) in [5, 5.41) is 1.16. The third-order valence-electron chi connectivity index (χ3n) is 4.56. The van der Waals surface area contributed by atoms with Crippen LogP contribution in [0.5, 0.6) is 0 Å². The van der Waals surface area contributed by atoms with Crippen molar-refractivity contribution in [3.63, 3.8) is 0 Å². The summed E-state index contributed by atoms with van der Waals surface area (Å²) in [6.07, 6.45) is 6.84. The van der Waals surface area contributed by atoms with E-state index in [1.54, 1.807) is 0 Å². The van der Waals surface area contributed by atoms with Crippen LogP contribution in [0, 0.1) is 0 Å². The van der Waals surface area contributed by atoms with Crippen molar-refractivity contribution in [3.8, 4) is 0 Å². The van der Waals surface area contributed by atoms with Crippen LogP contribution in [0.25, 0.3) is 10.2 Å². The Labute approximate surface area is 127 Å². The van der Waals surface area contributed by atoms with Crippen molar-refractivity contribution >= 4 is 27.4 Å². The van der Waals surface area contributed by atoms with Gasteiger partial charge in [-0.3, -0.25) is 0 Å². The summed E-state index contributed by atoms with van der Waals surface area (Å²) in [7, 11) is 0. The normalized spacial score (nSPS) is 19.7. The Morgan fingerprint density at radius 1 is 1.14 bits per heavy atom. The molecule has 21 heavy (non-hydrogen) atoms. The van der Waals surface area contributed by atoms with E-state index in [-0.39, 0.29) is 0 Å². The van der Waals surface area contributed by atoms with E-state index in [4.69, 9.17) is 20.5 Å². The maximum atomic E-state index is 5.75. The third-order valence-corrected chi connectivity index (χ3v) is 5.74. The topological polar surface area (TPSA) is 73.1 Å². The zero-order chi connectivity index (χ0) is 14.2. The van der Waals surface area contributed by atoms with Crippen LogP contribution in [0.15, 0.2) is 0 Å². The van der Waals surface area contributed by atoms with Gasteiger partial charge in [0.2, 0.25) is 0 Å². The van der Waals surface area contributed by atoms with Crippen LogP contribution in [0.2, 0.25) is 0 Å². The molecular weight excluding hydrogens is 284 g/mol. The molecule has 0 aromatic carbocycles. The Bertz CT molecular complexity index is 663. The largest absolute Gasteiger partial charge is 0.381 e. The van der Waals surface area contributed by atoms with Crippen molar-refractivity contribution < 1.29 is 4.74 Å². The molecule has 1 aliphatic carbocycles. The highest BCUT2D eigenvalue weighted by Crippen LogP contribution is 2.39. The van der Waals surface area contributed by atoms with Crippen molar-refractivity contribution in [1.29, 1.82) is 0 Å². The molecule has 5 nitrogen and oxygen atoms in total. The van der Waals surface area contributed by atoms with Crippen LogP contribution in [0.4, 0.5) is 5.82 Å². The fourth-order valence-electron chi connectivity index (χ4n) is 3.42. The lowest BCUT2D eigenvalue weighted by atomic mass is 9.96. The second-order valence-electron chi connectivity index (χ2n) is 5.85. The van der Waals surface area contributed by atoms with Gasteiger partial charge in [0, 0.05) is 24.0 Å². The van der Waals surface area contributed by atoms with Gasteiger partial charge in [-0.2, -0.15) is 0 Å². The highest BCUT2D eigenvalue weighted by atomic mass is 32.1. The SMILES string of the molecule is NNc1nc(C2CCOCC2)nc2sc3c(c12)CCCC3. The fourth-order valence-corrected chi connectivity index (χ4v) is 4.68. The van der Waals surface area contributed by atoms with E-state index in [9.17, 15) is 0 Å². The summed E-state index contributed by atoms with van der Waals surface area (Å²) in [5.41, 5.74) is 4.23. The van der Waals surface area contributed by atoms with E-state index >= 15 is 0 Å². The molecule has 1 aliphatic heterocycles. The highest BCUT2D eigenvalue weighted by molar-refractivity contribution is 7.19.